The second-order valence-electron chi connectivity index (χ2n) is 11.0. The quantitative estimate of drug-likeness (QED) is 0.392. The van der Waals surface area contributed by atoms with Gasteiger partial charge in [-0.1, -0.05) is 30.3 Å². The van der Waals surface area contributed by atoms with Crippen LogP contribution in [0.1, 0.15) is 65.0 Å². The molecule has 1 aromatic carbocycles. The molecule has 1 fully saturated rings. The molecule has 10 heteroatoms. The lowest BCUT2D eigenvalue weighted by atomic mass is 9.90. The van der Waals surface area contributed by atoms with Crippen LogP contribution in [0.15, 0.2) is 61.1 Å². The number of carbonyl (C=O) groups is 2. The first kappa shape index (κ1) is 28.8. The third-order valence-electron chi connectivity index (χ3n) is 6.78. The van der Waals surface area contributed by atoms with E-state index in [1.54, 1.807) is 23.5 Å². The van der Waals surface area contributed by atoms with E-state index in [2.05, 4.69) is 25.6 Å². The number of aromatic nitrogens is 3. The molecule has 212 valence electrons. The molecule has 40 heavy (non-hydrogen) atoms. The van der Waals surface area contributed by atoms with Crippen molar-refractivity contribution in [3.05, 3.63) is 66.6 Å². The molecule has 1 aliphatic carbocycles. The van der Waals surface area contributed by atoms with Crippen molar-refractivity contribution < 1.29 is 19.1 Å². The molecule has 1 saturated carbocycles. The van der Waals surface area contributed by atoms with Crippen molar-refractivity contribution in [1.82, 2.24) is 25.6 Å². The Bertz CT molecular complexity index is 1250. The second kappa shape index (κ2) is 12.8. The van der Waals surface area contributed by atoms with Crippen LogP contribution < -0.4 is 20.3 Å². The van der Waals surface area contributed by atoms with Gasteiger partial charge in [-0.3, -0.25) is 4.90 Å². The number of urea groups is 1. The van der Waals surface area contributed by atoms with Crippen LogP contribution in [0.5, 0.6) is 6.01 Å². The van der Waals surface area contributed by atoms with E-state index in [4.69, 9.17) is 9.47 Å². The molecular weight excluding hydrogens is 508 g/mol. The molecule has 2 aromatic heterocycles. The number of pyridine rings is 1. The largest absolute Gasteiger partial charge is 0.467 e. The predicted molar refractivity (Wildman–Crippen MR) is 153 cm³/mol. The summed E-state index contributed by atoms with van der Waals surface area (Å²) in [5, 5.41) is 6.12. The van der Waals surface area contributed by atoms with E-state index in [0.717, 1.165) is 29.5 Å². The zero-order valence-electron chi connectivity index (χ0n) is 23.8. The molecule has 4 rings (SSSR count). The van der Waals surface area contributed by atoms with Gasteiger partial charge in [-0.2, -0.15) is 0 Å². The smallest absolute Gasteiger partial charge is 0.407 e. The fourth-order valence-electron chi connectivity index (χ4n) is 4.76. The molecule has 2 N–H and O–H groups in total. The van der Waals surface area contributed by atoms with E-state index >= 15 is 0 Å². The van der Waals surface area contributed by atoms with Crippen LogP contribution in [0.25, 0.3) is 11.1 Å². The van der Waals surface area contributed by atoms with Crippen LogP contribution in [-0.4, -0.2) is 51.9 Å². The first-order valence-electron chi connectivity index (χ1n) is 13.6. The number of nitrogens with zero attached hydrogens (tertiary/aromatic N) is 4. The highest BCUT2D eigenvalue weighted by Crippen LogP contribution is 2.29. The third kappa shape index (κ3) is 7.68. The molecule has 0 unspecified atom stereocenters. The van der Waals surface area contributed by atoms with Gasteiger partial charge in [0.15, 0.2) is 0 Å². The van der Waals surface area contributed by atoms with E-state index in [1.807, 2.05) is 70.2 Å². The summed E-state index contributed by atoms with van der Waals surface area (Å²) in [4.78, 5) is 40.7. The third-order valence-corrected chi connectivity index (χ3v) is 6.78. The summed E-state index contributed by atoms with van der Waals surface area (Å²) >= 11 is 0. The standard InChI is InChI=1S/C30H38N6O4/c1-20(21-9-7-6-8-10-21)34-28(37)36(25-14-12-24(13-15-25)35-29(38)40-30(2,3)4)26-16-11-22(17-31-26)23-18-32-27(39-5)33-19-23/h6-11,16-20,24-25H,12-15H2,1-5H3,(H,34,37)(H,35,38)/t20-,24?,25?/m1/s1. The lowest BCUT2D eigenvalue weighted by molar-refractivity contribution is 0.0491. The maximum absolute atomic E-state index is 13.7. The van der Waals surface area contributed by atoms with E-state index in [1.165, 1.54) is 7.11 Å². The minimum atomic E-state index is -0.554. The maximum atomic E-state index is 13.7. The molecule has 0 aliphatic heterocycles. The van der Waals surface area contributed by atoms with Crippen LogP contribution in [-0.2, 0) is 4.74 Å². The molecular formula is C30H38N6O4. The van der Waals surface area contributed by atoms with Crippen molar-refractivity contribution >= 4 is 17.9 Å². The first-order valence-corrected chi connectivity index (χ1v) is 13.6. The van der Waals surface area contributed by atoms with Crippen molar-refractivity contribution in [3.63, 3.8) is 0 Å². The van der Waals surface area contributed by atoms with Gasteiger partial charge in [-0.15, -0.1) is 0 Å². The molecule has 2 heterocycles. The van der Waals surface area contributed by atoms with Gasteiger partial charge in [0, 0.05) is 41.8 Å². The Morgan fingerprint density at radius 1 is 0.925 bits per heavy atom. The minimum Gasteiger partial charge on any atom is -0.467 e. The van der Waals surface area contributed by atoms with Crippen LogP contribution in [0.4, 0.5) is 15.4 Å². The Kier molecular flexibility index (Phi) is 9.19. The number of amides is 3. The number of anilines is 1. The van der Waals surface area contributed by atoms with Crippen LogP contribution in [0.2, 0.25) is 0 Å². The Balaban J connectivity index is 1.50. The number of ether oxygens (including phenoxy) is 2. The Morgan fingerprint density at radius 2 is 1.57 bits per heavy atom. The highest BCUT2D eigenvalue weighted by atomic mass is 16.6. The highest BCUT2D eigenvalue weighted by molar-refractivity contribution is 5.92. The Morgan fingerprint density at radius 3 is 2.15 bits per heavy atom. The number of rotatable bonds is 7. The fraction of sp³-hybridized carbons (Fsp3) is 0.433. The van der Waals surface area contributed by atoms with Gasteiger partial charge in [0.25, 0.3) is 0 Å². The Labute approximate surface area is 235 Å². The SMILES string of the molecule is COc1ncc(-c2ccc(N(C(=O)N[C@H](C)c3ccccc3)C3CCC(NC(=O)OC(C)(C)C)CC3)nc2)cn1. The number of methoxy groups -OCH3 is 1. The average molecular weight is 547 g/mol. The van der Waals surface area contributed by atoms with E-state index in [9.17, 15) is 9.59 Å². The van der Waals surface area contributed by atoms with Crippen molar-refractivity contribution in [2.24, 2.45) is 0 Å². The van der Waals surface area contributed by atoms with E-state index in [0.29, 0.717) is 24.7 Å². The zero-order valence-corrected chi connectivity index (χ0v) is 23.8. The van der Waals surface area contributed by atoms with Crippen LogP contribution in [0, 0.1) is 0 Å². The number of hydrogen-bond donors (Lipinski definition) is 2. The lowest BCUT2D eigenvalue weighted by Crippen LogP contribution is -2.51. The fourth-order valence-corrected chi connectivity index (χ4v) is 4.76. The summed E-state index contributed by atoms with van der Waals surface area (Å²) in [6, 6.07) is 13.4. The van der Waals surface area contributed by atoms with Crippen LogP contribution in [0.3, 0.4) is 0 Å². The highest BCUT2D eigenvalue weighted by Gasteiger charge is 2.32. The molecule has 0 spiro atoms. The Hall–Kier alpha value is -4.21. The topological polar surface area (TPSA) is 119 Å². The second-order valence-corrected chi connectivity index (χ2v) is 11.0. The molecule has 3 amide bonds. The van der Waals surface area contributed by atoms with Gasteiger partial charge < -0.3 is 20.1 Å². The zero-order chi connectivity index (χ0) is 28.7. The minimum absolute atomic E-state index is 0.00957. The van der Waals surface area contributed by atoms with Gasteiger partial charge >= 0.3 is 18.1 Å². The van der Waals surface area contributed by atoms with Crippen molar-refractivity contribution in [1.29, 1.82) is 0 Å². The summed E-state index contributed by atoms with van der Waals surface area (Å²) in [6.45, 7) is 7.50. The maximum Gasteiger partial charge on any atom is 0.407 e. The van der Waals surface area contributed by atoms with Crippen molar-refractivity contribution in [3.8, 4) is 17.1 Å². The number of nitrogens with one attached hydrogen (secondary N) is 2. The molecule has 3 aromatic rings. The number of hydrogen-bond acceptors (Lipinski definition) is 7. The van der Waals surface area contributed by atoms with E-state index < -0.39 is 11.7 Å². The van der Waals surface area contributed by atoms with Gasteiger partial charge in [-0.05, 0) is 71.1 Å². The normalized spacial score (nSPS) is 17.8. The molecule has 0 bridgehead atoms. The molecule has 1 atom stereocenters. The summed E-state index contributed by atoms with van der Waals surface area (Å²) in [7, 11) is 1.52. The van der Waals surface area contributed by atoms with Gasteiger partial charge in [0.1, 0.15) is 11.4 Å². The monoisotopic (exact) mass is 546 g/mol. The van der Waals surface area contributed by atoms with Gasteiger partial charge in [-0.25, -0.2) is 24.5 Å². The van der Waals surface area contributed by atoms with Crippen LogP contribution >= 0.6 is 0 Å². The van der Waals surface area contributed by atoms with Crippen molar-refractivity contribution in [2.45, 2.75) is 77.1 Å². The molecule has 10 nitrogen and oxygen atoms in total. The summed E-state index contributed by atoms with van der Waals surface area (Å²) in [5.41, 5.74) is 2.09. The van der Waals surface area contributed by atoms with Gasteiger partial charge in [0.2, 0.25) is 0 Å². The van der Waals surface area contributed by atoms with Crippen molar-refractivity contribution in [2.75, 3.05) is 12.0 Å². The predicted octanol–water partition coefficient (Wildman–Crippen LogP) is 5.66. The summed E-state index contributed by atoms with van der Waals surface area (Å²) < 4.78 is 10.5. The number of benzene rings is 1. The average Bonchev–Trinajstić information content (AvgIpc) is 2.94. The van der Waals surface area contributed by atoms with Gasteiger partial charge in [0.05, 0.1) is 13.2 Å². The first-order chi connectivity index (χ1) is 19.1. The number of carbonyl (C=O) groups excluding carboxylic acids is 2. The van der Waals surface area contributed by atoms with E-state index in [-0.39, 0.29) is 24.2 Å². The molecule has 0 radical (unpaired) electrons. The molecule has 1 aliphatic rings. The lowest BCUT2D eigenvalue weighted by Gasteiger charge is -2.37. The molecule has 0 saturated heterocycles. The number of alkyl carbamates (subject to hydrolysis) is 1. The summed E-state index contributed by atoms with van der Waals surface area (Å²) in [5.74, 6) is 0.555. The summed E-state index contributed by atoms with van der Waals surface area (Å²) in [6.07, 6.45) is 7.53.